The van der Waals surface area contributed by atoms with Crippen LogP contribution in [0.3, 0.4) is 0 Å². The number of hydrogen-bond donors (Lipinski definition) is 2. The van der Waals surface area contributed by atoms with Crippen molar-refractivity contribution in [2.75, 3.05) is 21.0 Å². The van der Waals surface area contributed by atoms with E-state index in [1.807, 2.05) is 32.0 Å². The van der Waals surface area contributed by atoms with E-state index in [-0.39, 0.29) is 48.9 Å². The van der Waals surface area contributed by atoms with Gasteiger partial charge in [-0.3, -0.25) is 14.5 Å². The van der Waals surface area contributed by atoms with E-state index >= 15 is 0 Å². The van der Waals surface area contributed by atoms with Crippen molar-refractivity contribution in [1.82, 2.24) is 19.8 Å². The third-order valence-corrected chi connectivity index (χ3v) is 12.2. The number of carbonyl (C=O) groups excluding carboxylic acids is 2. The first-order valence-corrected chi connectivity index (χ1v) is 20.2. The van der Waals surface area contributed by atoms with E-state index in [1.54, 1.807) is 61.5 Å². The fraction of sp³-hybridized carbons (Fsp3) is 0.429. The molecular weight excluding hydrogens is 740 g/mol. The van der Waals surface area contributed by atoms with Crippen LogP contribution in [0.4, 0.5) is 0 Å². The Labute approximate surface area is 331 Å². The summed E-state index contributed by atoms with van der Waals surface area (Å²) in [6.07, 6.45) is 3.66. The lowest BCUT2D eigenvalue weighted by Gasteiger charge is -2.39. The number of halogens is 1. The van der Waals surface area contributed by atoms with Crippen LogP contribution in [0, 0.1) is 0 Å². The van der Waals surface area contributed by atoms with E-state index < -0.39 is 28.0 Å². The molecule has 1 saturated heterocycles. The van der Waals surface area contributed by atoms with Gasteiger partial charge in [-0.25, -0.2) is 13.1 Å². The number of likely N-dealkylation sites (tertiary alicyclic amines) is 1. The highest BCUT2D eigenvalue weighted by Crippen LogP contribution is 2.35. The number of nitrogens with one attached hydrogen (secondary N) is 2. The van der Waals surface area contributed by atoms with E-state index in [4.69, 9.17) is 14.2 Å². The van der Waals surface area contributed by atoms with Gasteiger partial charge in [0.05, 0.1) is 18.0 Å². The van der Waals surface area contributed by atoms with Gasteiger partial charge < -0.3 is 24.4 Å². The van der Waals surface area contributed by atoms with Crippen LogP contribution in [-0.2, 0) is 32.6 Å². The molecule has 4 aromatic rings. The van der Waals surface area contributed by atoms with Crippen molar-refractivity contribution in [3.63, 3.8) is 0 Å². The van der Waals surface area contributed by atoms with Crippen LogP contribution in [0.1, 0.15) is 76.1 Å². The van der Waals surface area contributed by atoms with Gasteiger partial charge in [0.25, 0.3) is 0 Å². The zero-order valence-corrected chi connectivity index (χ0v) is 34.0. The molecule has 2 amide bonds. The minimum Gasteiger partial charge on any atom is -0.497 e. The molecule has 6 rings (SSSR count). The summed E-state index contributed by atoms with van der Waals surface area (Å²) in [6.45, 7) is 9.32. The fourth-order valence-corrected chi connectivity index (χ4v) is 8.52. The summed E-state index contributed by atoms with van der Waals surface area (Å²) >= 11 is 0. The van der Waals surface area contributed by atoms with Gasteiger partial charge in [0, 0.05) is 44.6 Å². The highest BCUT2D eigenvalue weighted by atomic mass is 35.5. The zero-order chi connectivity index (χ0) is 38.6. The standard InChI is InChI=1S/C42H52N4O7S.ClH/c1-27(2)45(5)42(48)38(20-30-10-12-31(13-11-30)25-46-28(3)8-7-9-29(46)4)43-41(47)24-37(34-16-19-39-40(23-34)53-26-52-39)44-54(49,50)36-18-15-32-21-35(51-6)17-14-33(32)22-36;/h10-19,21-23,27-29,37-38,44H,7-9,20,24-26H2,1-6H3,(H,43,47);1H/t28-,29+,37-,38-;/m1./s1. The van der Waals surface area contributed by atoms with Crippen molar-refractivity contribution < 1.29 is 32.2 Å². The maximum atomic E-state index is 14.0. The second-order valence-corrected chi connectivity index (χ2v) is 16.6. The van der Waals surface area contributed by atoms with Crippen molar-refractivity contribution in [3.8, 4) is 17.2 Å². The van der Waals surface area contributed by atoms with Crippen molar-refractivity contribution in [2.24, 2.45) is 0 Å². The number of fused-ring (bicyclic) bond motifs is 2. The van der Waals surface area contributed by atoms with Gasteiger partial charge in [-0.05, 0) is 104 Å². The lowest BCUT2D eigenvalue weighted by atomic mass is 9.96. The van der Waals surface area contributed by atoms with E-state index in [0.29, 0.717) is 34.9 Å². The molecule has 0 aromatic heterocycles. The molecule has 4 aromatic carbocycles. The summed E-state index contributed by atoms with van der Waals surface area (Å²) in [4.78, 5) is 32.0. The second-order valence-electron chi connectivity index (χ2n) is 14.9. The number of piperidine rings is 1. The monoisotopic (exact) mass is 792 g/mol. The number of carbonyl (C=O) groups is 2. The summed E-state index contributed by atoms with van der Waals surface area (Å²) in [5, 5.41) is 4.51. The first-order valence-electron chi connectivity index (χ1n) is 18.7. The van der Waals surface area contributed by atoms with E-state index in [9.17, 15) is 18.0 Å². The highest BCUT2D eigenvalue weighted by Gasteiger charge is 2.30. The lowest BCUT2D eigenvalue weighted by Crippen LogP contribution is -2.50. The number of rotatable bonds is 14. The molecule has 0 spiro atoms. The van der Waals surface area contributed by atoms with Crippen molar-refractivity contribution in [3.05, 3.63) is 95.6 Å². The molecule has 2 heterocycles. The fourth-order valence-electron chi connectivity index (χ4n) is 7.26. The minimum absolute atomic E-state index is 0. The number of sulfonamides is 1. The predicted octanol–water partition coefficient (Wildman–Crippen LogP) is 6.77. The molecule has 2 N–H and O–H groups in total. The SMILES string of the molecule is COc1ccc2cc(S(=O)(=O)N[C@H](CC(=O)N[C@H](Cc3ccc(CN4[C@H](C)CCC[C@@H]4C)cc3)C(=O)N(C)C(C)C)c3ccc4c(c3)OCO4)ccc2c1.Cl. The summed E-state index contributed by atoms with van der Waals surface area (Å²) in [5.74, 6) is 0.937. The van der Waals surface area contributed by atoms with E-state index in [1.165, 1.54) is 30.9 Å². The third-order valence-electron chi connectivity index (χ3n) is 10.8. The Bertz CT molecular complexity index is 2070. The summed E-state index contributed by atoms with van der Waals surface area (Å²) in [7, 11) is -0.830. The van der Waals surface area contributed by atoms with Gasteiger partial charge >= 0.3 is 0 Å². The Balaban J connectivity index is 0.00000580. The van der Waals surface area contributed by atoms with Crippen LogP contribution in [0.5, 0.6) is 17.2 Å². The Hall–Kier alpha value is -4.36. The Morgan fingerprint density at radius 2 is 1.55 bits per heavy atom. The molecule has 1 fully saturated rings. The first-order chi connectivity index (χ1) is 25.8. The topological polar surface area (TPSA) is 127 Å². The summed E-state index contributed by atoms with van der Waals surface area (Å²) < 4.78 is 47.0. The minimum atomic E-state index is -4.13. The van der Waals surface area contributed by atoms with Crippen molar-refractivity contribution >= 4 is 45.0 Å². The highest BCUT2D eigenvalue weighted by molar-refractivity contribution is 7.89. The average Bonchev–Trinajstić information content (AvgIpc) is 3.63. The molecule has 55 heavy (non-hydrogen) atoms. The zero-order valence-electron chi connectivity index (χ0n) is 32.4. The van der Waals surface area contributed by atoms with Gasteiger partial charge in [0.15, 0.2) is 11.5 Å². The van der Waals surface area contributed by atoms with Crippen molar-refractivity contribution in [1.29, 1.82) is 0 Å². The summed E-state index contributed by atoms with van der Waals surface area (Å²) in [6, 6.07) is 22.7. The van der Waals surface area contributed by atoms with Crippen LogP contribution in [-0.4, -0.2) is 75.1 Å². The molecule has 0 aliphatic carbocycles. The van der Waals surface area contributed by atoms with Gasteiger partial charge in [0.2, 0.25) is 28.6 Å². The number of nitrogens with zero attached hydrogens (tertiary/aromatic N) is 2. The average molecular weight is 793 g/mol. The van der Waals surface area contributed by atoms with Crippen LogP contribution in [0.2, 0.25) is 0 Å². The molecule has 13 heteroatoms. The van der Waals surface area contributed by atoms with Crippen molar-refractivity contribution in [2.45, 2.75) is 101 Å². The summed E-state index contributed by atoms with van der Waals surface area (Å²) in [5.41, 5.74) is 2.63. The first kappa shape index (κ1) is 41.8. The molecule has 296 valence electrons. The molecule has 0 saturated carbocycles. The predicted molar refractivity (Wildman–Crippen MR) is 216 cm³/mol. The van der Waals surface area contributed by atoms with E-state index in [2.05, 4.69) is 40.9 Å². The third kappa shape index (κ3) is 10.1. The Morgan fingerprint density at radius 3 is 2.24 bits per heavy atom. The van der Waals surface area contributed by atoms with Crippen LogP contribution in [0.25, 0.3) is 10.8 Å². The molecule has 4 atom stereocenters. The quantitative estimate of drug-likeness (QED) is 0.144. The molecule has 2 aliphatic heterocycles. The van der Waals surface area contributed by atoms with Crippen LogP contribution < -0.4 is 24.2 Å². The van der Waals surface area contributed by atoms with Gasteiger partial charge in [0.1, 0.15) is 11.8 Å². The maximum Gasteiger partial charge on any atom is 0.245 e. The number of hydrogen-bond acceptors (Lipinski definition) is 8. The normalized spacial score (nSPS) is 18.0. The number of likely N-dealkylation sites (N-methyl/N-ethyl adjacent to an activating group) is 1. The van der Waals surface area contributed by atoms with Gasteiger partial charge in [-0.2, -0.15) is 0 Å². The molecule has 2 aliphatic rings. The smallest absolute Gasteiger partial charge is 0.245 e. The molecular formula is C42H53ClN4O7S. The Morgan fingerprint density at radius 1 is 0.891 bits per heavy atom. The molecule has 0 bridgehead atoms. The lowest BCUT2D eigenvalue weighted by molar-refractivity contribution is -0.136. The van der Waals surface area contributed by atoms with E-state index in [0.717, 1.165) is 22.9 Å². The Kier molecular flexibility index (Phi) is 13.7. The molecule has 11 nitrogen and oxygen atoms in total. The van der Waals surface area contributed by atoms with Crippen LogP contribution >= 0.6 is 12.4 Å². The molecule has 0 unspecified atom stereocenters. The number of methoxy groups -OCH3 is 1. The number of benzene rings is 4. The number of ether oxygens (including phenoxy) is 3. The van der Waals surface area contributed by atoms with Gasteiger partial charge in [-0.15, -0.1) is 12.4 Å². The largest absolute Gasteiger partial charge is 0.497 e. The second kappa shape index (κ2) is 18.1. The maximum absolute atomic E-state index is 14.0. The molecule has 0 radical (unpaired) electrons. The number of amides is 2. The van der Waals surface area contributed by atoms with Crippen LogP contribution in [0.15, 0.2) is 83.8 Å². The van der Waals surface area contributed by atoms with Gasteiger partial charge in [-0.1, -0.05) is 48.9 Å².